The summed E-state index contributed by atoms with van der Waals surface area (Å²) in [5, 5.41) is 16.9. The van der Waals surface area contributed by atoms with Crippen molar-refractivity contribution >= 4 is 11.8 Å². The highest BCUT2D eigenvalue weighted by Crippen LogP contribution is 2.16. The molecule has 4 N–H and O–H groups in total. The maximum absolute atomic E-state index is 12.2. The number of Topliss-reactive ketones (excluding diaryl/α,β-unsaturated/α-hetero) is 1. The summed E-state index contributed by atoms with van der Waals surface area (Å²) in [4.78, 5) is 29.2. The van der Waals surface area contributed by atoms with Crippen LogP contribution in [0.1, 0.15) is 48.3 Å². The molecule has 2 aromatic rings. The average Bonchev–Trinajstić information content (AvgIpc) is 2.70. The number of carbonyl (C=O) groups is 2. The minimum Gasteiger partial charge on any atom is -0.475 e. The Hall–Kier alpha value is -3.05. The zero-order valence-electron chi connectivity index (χ0n) is 17.0. The number of alkyl halides is 3. The van der Waals surface area contributed by atoms with Crippen molar-refractivity contribution < 1.29 is 37.7 Å². The van der Waals surface area contributed by atoms with Crippen molar-refractivity contribution in [3.8, 4) is 5.88 Å². The molecule has 0 unspecified atom stereocenters. The van der Waals surface area contributed by atoms with Gasteiger partial charge >= 0.3 is 12.1 Å². The van der Waals surface area contributed by atoms with Gasteiger partial charge in [-0.2, -0.15) is 13.2 Å². The van der Waals surface area contributed by atoms with Crippen LogP contribution in [0.2, 0.25) is 0 Å². The number of halogens is 3. The van der Waals surface area contributed by atoms with Crippen molar-refractivity contribution in [3.05, 3.63) is 53.5 Å². The Morgan fingerprint density at radius 2 is 1.81 bits per heavy atom. The maximum atomic E-state index is 12.2. The maximum Gasteiger partial charge on any atom is 0.490 e. The van der Waals surface area contributed by atoms with Crippen LogP contribution in [0.4, 0.5) is 13.2 Å². The van der Waals surface area contributed by atoms with Gasteiger partial charge in [0.2, 0.25) is 5.88 Å². The predicted octanol–water partition coefficient (Wildman–Crippen LogP) is 2.88. The summed E-state index contributed by atoms with van der Waals surface area (Å²) < 4.78 is 37.4. The molecule has 2 rings (SSSR count). The van der Waals surface area contributed by atoms with Gasteiger partial charge in [-0.1, -0.05) is 18.2 Å². The van der Waals surface area contributed by atoms with E-state index in [9.17, 15) is 23.1 Å². The third kappa shape index (κ3) is 10.5. The number of hydrogen-bond acceptors (Lipinski definition) is 7. The Bertz CT molecular complexity index is 883. The SMILES string of the molecule is CC(C)(O)CCC(=O)c1cccc(COc2cc(CN)ncn2)c1.O=C(O)C(F)(F)F. The van der Waals surface area contributed by atoms with Crippen LogP contribution >= 0.6 is 0 Å². The molecule has 0 fully saturated rings. The van der Waals surface area contributed by atoms with Crippen molar-refractivity contribution in [2.45, 2.75) is 51.6 Å². The Labute approximate surface area is 176 Å². The lowest BCUT2D eigenvalue weighted by Crippen LogP contribution is -2.21. The van der Waals surface area contributed by atoms with Crippen LogP contribution in [-0.2, 0) is 17.9 Å². The highest BCUT2D eigenvalue weighted by atomic mass is 19.4. The first-order valence-corrected chi connectivity index (χ1v) is 9.10. The van der Waals surface area contributed by atoms with Crippen LogP contribution in [0.5, 0.6) is 5.88 Å². The second-order valence-electron chi connectivity index (χ2n) is 7.08. The zero-order chi connectivity index (χ0) is 23.7. The fourth-order valence-corrected chi connectivity index (χ4v) is 2.12. The number of carboxylic acids is 1. The molecule has 0 aliphatic rings. The van der Waals surface area contributed by atoms with Gasteiger partial charge < -0.3 is 20.7 Å². The number of nitrogens with two attached hydrogens (primary N) is 1. The van der Waals surface area contributed by atoms with Crippen LogP contribution in [0.15, 0.2) is 36.7 Å². The van der Waals surface area contributed by atoms with Crippen LogP contribution in [0.3, 0.4) is 0 Å². The Balaban J connectivity index is 0.000000592. The van der Waals surface area contributed by atoms with Gasteiger partial charge in [-0.3, -0.25) is 4.79 Å². The lowest BCUT2D eigenvalue weighted by atomic mass is 9.97. The minimum absolute atomic E-state index is 0.00595. The highest BCUT2D eigenvalue weighted by Gasteiger charge is 2.38. The van der Waals surface area contributed by atoms with Gasteiger partial charge in [0.05, 0.1) is 11.3 Å². The Morgan fingerprint density at radius 3 is 2.35 bits per heavy atom. The molecule has 1 heterocycles. The fraction of sp³-hybridized carbons (Fsp3) is 0.400. The number of aliphatic hydroxyl groups is 1. The Morgan fingerprint density at radius 1 is 1.16 bits per heavy atom. The van der Waals surface area contributed by atoms with E-state index in [2.05, 4.69) is 9.97 Å². The van der Waals surface area contributed by atoms with E-state index in [-0.39, 0.29) is 5.78 Å². The third-order valence-electron chi connectivity index (χ3n) is 3.75. The summed E-state index contributed by atoms with van der Waals surface area (Å²) >= 11 is 0. The van der Waals surface area contributed by atoms with Gasteiger partial charge in [0, 0.05) is 24.6 Å². The molecule has 11 heteroatoms. The predicted molar refractivity (Wildman–Crippen MR) is 104 cm³/mol. The number of ketones is 1. The van der Waals surface area contributed by atoms with Crippen molar-refractivity contribution in [2.75, 3.05) is 0 Å². The van der Waals surface area contributed by atoms with Crippen molar-refractivity contribution in [1.82, 2.24) is 9.97 Å². The third-order valence-corrected chi connectivity index (χ3v) is 3.75. The van der Waals surface area contributed by atoms with E-state index in [0.29, 0.717) is 43.1 Å². The standard InChI is InChI=1S/C18H23N3O3.C2HF3O2/c1-18(2,23)7-6-16(22)14-5-3-4-13(8-14)11-24-17-9-15(10-19)20-12-21-17;3-2(4,5)1(6)7/h3-5,8-9,12,23H,6-7,10-11,19H2,1-2H3;(H,6,7). The number of aliphatic carboxylic acids is 1. The van der Waals surface area contributed by atoms with Gasteiger partial charge in [0.25, 0.3) is 0 Å². The summed E-state index contributed by atoms with van der Waals surface area (Å²) in [7, 11) is 0. The molecule has 0 saturated carbocycles. The molecule has 31 heavy (non-hydrogen) atoms. The molecule has 0 spiro atoms. The van der Waals surface area contributed by atoms with Gasteiger partial charge in [-0.25, -0.2) is 14.8 Å². The van der Waals surface area contributed by atoms with Crippen LogP contribution in [0.25, 0.3) is 0 Å². The normalized spacial score (nSPS) is 11.3. The molecule has 1 aromatic heterocycles. The number of ether oxygens (including phenoxy) is 1. The first kappa shape index (κ1) is 26.0. The van der Waals surface area contributed by atoms with Crippen LogP contribution in [0, 0.1) is 0 Å². The first-order chi connectivity index (χ1) is 14.3. The van der Waals surface area contributed by atoms with E-state index in [4.69, 9.17) is 20.4 Å². The van der Waals surface area contributed by atoms with Crippen molar-refractivity contribution in [3.63, 3.8) is 0 Å². The van der Waals surface area contributed by atoms with Gasteiger partial charge in [-0.15, -0.1) is 0 Å². The fourth-order valence-electron chi connectivity index (χ4n) is 2.12. The summed E-state index contributed by atoms with van der Waals surface area (Å²) in [6.45, 7) is 4.02. The summed E-state index contributed by atoms with van der Waals surface area (Å²) in [6.07, 6.45) is -2.94. The van der Waals surface area contributed by atoms with E-state index in [1.54, 1.807) is 32.0 Å². The monoisotopic (exact) mass is 443 g/mol. The number of hydrogen-bond donors (Lipinski definition) is 3. The van der Waals surface area contributed by atoms with E-state index in [1.165, 1.54) is 6.33 Å². The molecule has 0 saturated heterocycles. The molecule has 8 nitrogen and oxygen atoms in total. The molecule has 1 aromatic carbocycles. The molecule has 0 aliphatic carbocycles. The Kier molecular flexibility index (Phi) is 9.53. The molecular weight excluding hydrogens is 419 g/mol. The number of aromatic nitrogens is 2. The van der Waals surface area contributed by atoms with Crippen molar-refractivity contribution in [2.24, 2.45) is 5.73 Å². The number of carbonyl (C=O) groups excluding carboxylic acids is 1. The minimum atomic E-state index is -5.08. The highest BCUT2D eigenvalue weighted by molar-refractivity contribution is 5.96. The van der Waals surface area contributed by atoms with E-state index in [0.717, 1.165) is 5.56 Å². The lowest BCUT2D eigenvalue weighted by Gasteiger charge is -2.16. The average molecular weight is 443 g/mol. The first-order valence-electron chi connectivity index (χ1n) is 9.10. The molecule has 0 bridgehead atoms. The van der Waals surface area contributed by atoms with Gasteiger partial charge in [-0.05, 0) is 31.9 Å². The second-order valence-corrected chi connectivity index (χ2v) is 7.08. The quantitative estimate of drug-likeness (QED) is 0.530. The van der Waals surface area contributed by atoms with Gasteiger partial charge in [0.15, 0.2) is 5.78 Å². The van der Waals surface area contributed by atoms with Crippen LogP contribution in [-0.4, -0.2) is 43.7 Å². The molecule has 0 amide bonds. The second kappa shape index (κ2) is 11.4. The largest absolute Gasteiger partial charge is 0.490 e. The lowest BCUT2D eigenvalue weighted by molar-refractivity contribution is -0.192. The molecular formula is C20H24F3N3O5. The topological polar surface area (TPSA) is 136 Å². The van der Waals surface area contributed by atoms with Crippen LogP contribution < -0.4 is 10.5 Å². The summed E-state index contributed by atoms with van der Waals surface area (Å²) in [5.41, 5.74) is 6.89. The number of carboxylic acid groups (broad SMARTS) is 1. The van der Waals surface area contributed by atoms with E-state index >= 15 is 0 Å². The zero-order valence-corrected chi connectivity index (χ0v) is 17.0. The summed E-state index contributed by atoms with van der Waals surface area (Å²) in [5.74, 6) is -2.30. The molecule has 0 atom stereocenters. The molecule has 0 aliphatic heterocycles. The summed E-state index contributed by atoms with van der Waals surface area (Å²) in [6, 6.07) is 8.97. The number of rotatable bonds is 8. The smallest absolute Gasteiger partial charge is 0.475 e. The molecule has 170 valence electrons. The molecule has 0 radical (unpaired) electrons. The van der Waals surface area contributed by atoms with Gasteiger partial charge in [0.1, 0.15) is 12.9 Å². The number of benzene rings is 1. The van der Waals surface area contributed by atoms with Crippen molar-refractivity contribution in [1.29, 1.82) is 0 Å². The number of nitrogens with zero attached hydrogens (tertiary/aromatic N) is 2. The van der Waals surface area contributed by atoms with E-state index < -0.39 is 17.7 Å². The van der Waals surface area contributed by atoms with E-state index in [1.807, 2.05) is 12.1 Å².